The molecule has 0 saturated heterocycles. The van der Waals surface area contributed by atoms with Gasteiger partial charge in [0.15, 0.2) is 29.0 Å². The zero-order valence-corrected chi connectivity index (χ0v) is 16.6. The molecule has 0 bridgehead atoms. The predicted octanol–water partition coefficient (Wildman–Crippen LogP) is 3.77. The number of carbonyl (C=O) groups excluding carboxylic acids is 1. The van der Waals surface area contributed by atoms with E-state index in [1.54, 1.807) is 0 Å². The van der Waals surface area contributed by atoms with Crippen molar-refractivity contribution < 1.29 is 36.6 Å². The minimum Gasteiger partial charge on any atom is -0.493 e. The number of hydrogen-bond acceptors (Lipinski definition) is 5. The minimum absolute atomic E-state index is 0.130. The van der Waals surface area contributed by atoms with E-state index in [2.05, 4.69) is 10.4 Å². The molecular formula is C20H17F4N3O4. The highest BCUT2D eigenvalue weighted by atomic mass is 19.2. The van der Waals surface area contributed by atoms with Crippen LogP contribution in [-0.2, 0) is 6.54 Å². The van der Waals surface area contributed by atoms with Crippen LogP contribution in [0.4, 0.5) is 23.2 Å². The standard InChI is InChI=1S/C20H17F4N3O4/c1-29-15-5-4-11(18(30-2)19(15)31-3)20(28)26-10-7-25-27(8-10)9-12-13(21)6-14(22)17(24)16(12)23/h4-8H,9H2,1-3H3,(H,26,28). The third-order valence-electron chi connectivity index (χ3n) is 4.37. The Labute approximate surface area is 174 Å². The van der Waals surface area contributed by atoms with Gasteiger partial charge in [0.25, 0.3) is 5.91 Å². The van der Waals surface area contributed by atoms with E-state index in [4.69, 9.17) is 14.2 Å². The molecule has 1 amide bonds. The van der Waals surface area contributed by atoms with Crippen molar-refractivity contribution in [1.29, 1.82) is 0 Å². The van der Waals surface area contributed by atoms with E-state index >= 15 is 0 Å². The molecule has 1 heterocycles. The highest BCUT2D eigenvalue weighted by molar-refractivity contribution is 6.06. The summed E-state index contributed by atoms with van der Waals surface area (Å²) in [5.74, 6) is -6.17. The monoisotopic (exact) mass is 439 g/mol. The second-order valence-electron chi connectivity index (χ2n) is 6.21. The van der Waals surface area contributed by atoms with E-state index in [9.17, 15) is 22.4 Å². The molecule has 0 saturated carbocycles. The van der Waals surface area contributed by atoms with Crippen LogP contribution in [0.3, 0.4) is 0 Å². The fraction of sp³-hybridized carbons (Fsp3) is 0.200. The van der Waals surface area contributed by atoms with E-state index in [1.807, 2.05) is 0 Å². The Morgan fingerprint density at radius 1 is 1.00 bits per heavy atom. The van der Waals surface area contributed by atoms with Crippen LogP contribution in [0.1, 0.15) is 15.9 Å². The van der Waals surface area contributed by atoms with E-state index in [0.29, 0.717) is 5.75 Å². The molecule has 0 aliphatic rings. The fourth-order valence-corrected chi connectivity index (χ4v) is 2.90. The number of methoxy groups -OCH3 is 3. The number of hydrogen-bond donors (Lipinski definition) is 1. The number of rotatable bonds is 7. The molecule has 0 aliphatic heterocycles. The van der Waals surface area contributed by atoms with Crippen LogP contribution in [-0.4, -0.2) is 37.0 Å². The van der Waals surface area contributed by atoms with Crippen LogP contribution in [0, 0.1) is 23.3 Å². The largest absolute Gasteiger partial charge is 0.493 e. The Bertz CT molecular complexity index is 1130. The van der Waals surface area contributed by atoms with Gasteiger partial charge in [-0.15, -0.1) is 0 Å². The summed E-state index contributed by atoms with van der Waals surface area (Å²) >= 11 is 0. The number of aromatic nitrogens is 2. The van der Waals surface area contributed by atoms with E-state index < -0.39 is 41.3 Å². The van der Waals surface area contributed by atoms with E-state index in [-0.39, 0.29) is 28.8 Å². The summed E-state index contributed by atoms with van der Waals surface area (Å²) in [4.78, 5) is 12.7. The average Bonchev–Trinajstić information content (AvgIpc) is 3.20. The Morgan fingerprint density at radius 2 is 1.71 bits per heavy atom. The van der Waals surface area contributed by atoms with Crippen LogP contribution in [0.2, 0.25) is 0 Å². The lowest BCUT2D eigenvalue weighted by Gasteiger charge is -2.15. The molecule has 0 unspecified atom stereocenters. The lowest BCUT2D eigenvalue weighted by molar-refractivity contribution is 0.102. The third kappa shape index (κ3) is 4.25. The van der Waals surface area contributed by atoms with Crippen molar-refractivity contribution in [2.45, 2.75) is 6.54 Å². The first kappa shape index (κ1) is 21.9. The molecule has 11 heteroatoms. The van der Waals surface area contributed by atoms with Gasteiger partial charge in [0.1, 0.15) is 5.82 Å². The number of benzene rings is 2. The van der Waals surface area contributed by atoms with Crippen molar-refractivity contribution in [1.82, 2.24) is 9.78 Å². The first-order valence-electron chi connectivity index (χ1n) is 8.75. The van der Waals surface area contributed by atoms with Crippen molar-refractivity contribution in [3.8, 4) is 17.2 Å². The van der Waals surface area contributed by atoms with E-state index in [0.717, 1.165) is 4.68 Å². The first-order valence-corrected chi connectivity index (χ1v) is 8.75. The molecule has 0 atom stereocenters. The van der Waals surface area contributed by atoms with Crippen LogP contribution in [0.25, 0.3) is 0 Å². The molecule has 3 aromatic rings. The van der Waals surface area contributed by atoms with Gasteiger partial charge in [0, 0.05) is 17.8 Å². The quantitative estimate of drug-likeness (QED) is 0.345. The molecule has 164 valence electrons. The maximum absolute atomic E-state index is 13.9. The Morgan fingerprint density at radius 3 is 2.35 bits per heavy atom. The number of nitrogens with one attached hydrogen (secondary N) is 1. The average molecular weight is 439 g/mol. The number of amides is 1. The van der Waals surface area contributed by atoms with Gasteiger partial charge in [-0.2, -0.15) is 5.10 Å². The summed E-state index contributed by atoms with van der Waals surface area (Å²) in [6.45, 7) is -0.523. The summed E-state index contributed by atoms with van der Waals surface area (Å²) in [6.07, 6.45) is 2.49. The zero-order chi connectivity index (χ0) is 22.7. The topological polar surface area (TPSA) is 74.6 Å². The number of carbonyl (C=O) groups is 1. The van der Waals surface area contributed by atoms with Crippen molar-refractivity contribution >= 4 is 11.6 Å². The molecule has 0 spiro atoms. The van der Waals surface area contributed by atoms with Gasteiger partial charge in [-0.3, -0.25) is 9.48 Å². The molecule has 0 radical (unpaired) electrons. The van der Waals surface area contributed by atoms with Gasteiger partial charge in [0.2, 0.25) is 5.75 Å². The van der Waals surface area contributed by atoms with Gasteiger partial charge in [-0.1, -0.05) is 0 Å². The number of ether oxygens (including phenoxy) is 3. The molecule has 0 aliphatic carbocycles. The van der Waals surface area contributed by atoms with Crippen molar-refractivity contribution in [3.05, 3.63) is 65.0 Å². The molecule has 3 rings (SSSR count). The molecular weight excluding hydrogens is 422 g/mol. The van der Waals surface area contributed by atoms with Gasteiger partial charge in [0.05, 0.1) is 45.3 Å². The minimum atomic E-state index is -1.78. The lowest BCUT2D eigenvalue weighted by atomic mass is 10.1. The first-order chi connectivity index (χ1) is 14.8. The van der Waals surface area contributed by atoms with Gasteiger partial charge < -0.3 is 19.5 Å². The third-order valence-corrected chi connectivity index (χ3v) is 4.37. The summed E-state index contributed by atoms with van der Waals surface area (Å²) in [5, 5.41) is 6.43. The number of anilines is 1. The van der Waals surface area contributed by atoms with Crippen molar-refractivity contribution in [2.75, 3.05) is 26.6 Å². The van der Waals surface area contributed by atoms with Crippen LogP contribution < -0.4 is 19.5 Å². The summed E-state index contributed by atoms with van der Waals surface area (Å²) in [6, 6.07) is 3.24. The lowest BCUT2D eigenvalue weighted by Crippen LogP contribution is -2.13. The normalized spacial score (nSPS) is 10.7. The zero-order valence-electron chi connectivity index (χ0n) is 16.6. The molecule has 0 fully saturated rings. The fourth-order valence-electron chi connectivity index (χ4n) is 2.90. The van der Waals surface area contributed by atoms with Gasteiger partial charge in [-0.25, -0.2) is 17.6 Å². The Hall–Kier alpha value is -3.76. The number of nitrogens with zero attached hydrogens (tertiary/aromatic N) is 2. The predicted molar refractivity (Wildman–Crippen MR) is 102 cm³/mol. The number of halogens is 4. The second-order valence-corrected chi connectivity index (χ2v) is 6.21. The van der Waals surface area contributed by atoms with Gasteiger partial charge >= 0.3 is 0 Å². The summed E-state index contributed by atoms with van der Waals surface area (Å²) < 4.78 is 70.9. The highest BCUT2D eigenvalue weighted by Crippen LogP contribution is 2.39. The molecule has 2 aromatic carbocycles. The van der Waals surface area contributed by atoms with E-state index in [1.165, 1.54) is 45.9 Å². The molecule has 1 N–H and O–H groups in total. The summed E-state index contributed by atoms with van der Waals surface area (Å²) in [7, 11) is 4.18. The summed E-state index contributed by atoms with van der Waals surface area (Å²) in [5.41, 5.74) is -0.391. The Kier molecular flexibility index (Phi) is 6.33. The highest BCUT2D eigenvalue weighted by Gasteiger charge is 2.22. The second kappa shape index (κ2) is 8.94. The Balaban J connectivity index is 1.83. The van der Waals surface area contributed by atoms with Gasteiger partial charge in [-0.05, 0) is 12.1 Å². The maximum Gasteiger partial charge on any atom is 0.259 e. The molecule has 31 heavy (non-hydrogen) atoms. The maximum atomic E-state index is 13.9. The van der Waals surface area contributed by atoms with Crippen LogP contribution >= 0.6 is 0 Å². The SMILES string of the molecule is COc1ccc(C(=O)Nc2cnn(Cc3c(F)cc(F)c(F)c3F)c2)c(OC)c1OC. The smallest absolute Gasteiger partial charge is 0.259 e. The molecule has 7 nitrogen and oxygen atoms in total. The van der Waals surface area contributed by atoms with Crippen molar-refractivity contribution in [2.24, 2.45) is 0 Å². The molecule has 1 aromatic heterocycles. The van der Waals surface area contributed by atoms with Crippen LogP contribution in [0.15, 0.2) is 30.6 Å². The van der Waals surface area contributed by atoms with Crippen molar-refractivity contribution in [3.63, 3.8) is 0 Å². The van der Waals surface area contributed by atoms with Crippen LogP contribution in [0.5, 0.6) is 17.2 Å².